The summed E-state index contributed by atoms with van der Waals surface area (Å²) in [5.41, 5.74) is 3.08. The molecule has 4 heteroatoms. The van der Waals surface area contributed by atoms with Gasteiger partial charge in [-0.2, -0.15) is 0 Å². The van der Waals surface area contributed by atoms with Gasteiger partial charge in [-0.25, -0.2) is 0 Å². The molecule has 0 radical (unpaired) electrons. The van der Waals surface area contributed by atoms with Crippen molar-refractivity contribution >= 4 is 17.5 Å². The first-order chi connectivity index (χ1) is 11.6. The van der Waals surface area contributed by atoms with E-state index in [1.807, 2.05) is 68.4 Å². The summed E-state index contributed by atoms with van der Waals surface area (Å²) < 4.78 is 0. The third kappa shape index (κ3) is 5.23. The van der Waals surface area contributed by atoms with Crippen LogP contribution in [0.2, 0.25) is 0 Å². The van der Waals surface area contributed by atoms with Gasteiger partial charge < -0.3 is 10.2 Å². The van der Waals surface area contributed by atoms with Gasteiger partial charge in [-0.05, 0) is 43.5 Å². The molecule has 0 heterocycles. The molecule has 24 heavy (non-hydrogen) atoms. The van der Waals surface area contributed by atoms with E-state index in [2.05, 4.69) is 5.32 Å². The van der Waals surface area contributed by atoms with E-state index in [0.29, 0.717) is 19.4 Å². The molecule has 0 aliphatic rings. The normalized spacial score (nSPS) is 10.2. The molecule has 2 amide bonds. The van der Waals surface area contributed by atoms with Crippen molar-refractivity contribution in [3.63, 3.8) is 0 Å². The van der Waals surface area contributed by atoms with Crippen molar-refractivity contribution in [2.24, 2.45) is 0 Å². The van der Waals surface area contributed by atoms with Gasteiger partial charge in [0.2, 0.25) is 11.8 Å². The quantitative estimate of drug-likeness (QED) is 0.851. The van der Waals surface area contributed by atoms with Crippen LogP contribution < -0.4 is 10.2 Å². The summed E-state index contributed by atoms with van der Waals surface area (Å²) in [6.07, 6.45) is 1.06. The molecule has 126 valence electrons. The fraction of sp³-hybridized carbons (Fsp3) is 0.300. The largest absolute Gasteiger partial charge is 0.347 e. The lowest BCUT2D eigenvalue weighted by atomic mass is 10.1. The molecule has 2 rings (SSSR count). The minimum absolute atomic E-state index is 0.0232. The second-order valence-corrected chi connectivity index (χ2v) is 5.74. The minimum atomic E-state index is -0.104. The predicted octanol–water partition coefficient (Wildman–Crippen LogP) is 3.10. The highest BCUT2D eigenvalue weighted by Gasteiger charge is 2.14. The van der Waals surface area contributed by atoms with Gasteiger partial charge in [0, 0.05) is 18.7 Å². The Bertz CT molecular complexity index is 683. The fourth-order valence-electron chi connectivity index (χ4n) is 2.56. The molecule has 0 saturated heterocycles. The number of amides is 2. The molecule has 2 aromatic rings. The van der Waals surface area contributed by atoms with E-state index in [1.54, 1.807) is 4.90 Å². The molecular formula is C20H24N2O2. The Morgan fingerprint density at radius 3 is 2.46 bits per heavy atom. The van der Waals surface area contributed by atoms with Crippen molar-refractivity contribution in [1.82, 2.24) is 5.32 Å². The number of aryl methyl sites for hydroxylation is 2. The molecule has 0 unspecified atom stereocenters. The van der Waals surface area contributed by atoms with Gasteiger partial charge in [0.1, 0.15) is 0 Å². The van der Waals surface area contributed by atoms with E-state index >= 15 is 0 Å². The lowest BCUT2D eigenvalue weighted by molar-refractivity contribution is -0.124. The van der Waals surface area contributed by atoms with Crippen molar-refractivity contribution in [2.45, 2.75) is 26.7 Å². The van der Waals surface area contributed by atoms with Crippen LogP contribution in [-0.2, 0) is 16.0 Å². The van der Waals surface area contributed by atoms with Crippen LogP contribution in [0.5, 0.6) is 0 Å². The summed E-state index contributed by atoms with van der Waals surface area (Å²) in [4.78, 5) is 26.0. The smallest absolute Gasteiger partial charge is 0.246 e. The number of nitrogens with zero attached hydrogens (tertiary/aromatic N) is 1. The zero-order valence-electron chi connectivity index (χ0n) is 14.3. The average Bonchev–Trinajstić information content (AvgIpc) is 2.60. The molecule has 4 nitrogen and oxygen atoms in total. The summed E-state index contributed by atoms with van der Waals surface area (Å²) in [6, 6.07) is 17.7. The second kappa shape index (κ2) is 8.87. The number of benzene rings is 2. The molecule has 0 aliphatic heterocycles. The SMILES string of the molecule is CCN(C(=O)CNC(=O)CCc1ccccc1)c1cccc(C)c1. The van der Waals surface area contributed by atoms with Crippen LogP contribution in [0, 0.1) is 6.92 Å². The Morgan fingerprint density at radius 1 is 1.04 bits per heavy atom. The Labute approximate surface area is 143 Å². The third-order valence-electron chi connectivity index (χ3n) is 3.85. The maximum absolute atomic E-state index is 12.4. The third-order valence-corrected chi connectivity index (χ3v) is 3.85. The molecule has 0 spiro atoms. The number of rotatable bonds is 7. The first-order valence-corrected chi connectivity index (χ1v) is 8.28. The maximum Gasteiger partial charge on any atom is 0.246 e. The van der Waals surface area contributed by atoms with E-state index in [4.69, 9.17) is 0 Å². The van der Waals surface area contributed by atoms with Crippen molar-refractivity contribution in [3.05, 3.63) is 65.7 Å². The lowest BCUT2D eigenvalue weighted by Crippen LogP contribution is -2.40. The van der Waals surface area contributed by atoms with Crippen molar-refractivity contribution in [2.75, 3.05) is 18.0 Å². The molecule has 1 N–H and O–H groups in total. The number of carbonyl (C=O) groups excluding carboxylic acids is 2. The van der Waals surface area contributed by atoms with Gasteiger partial charge >= 0.3 is 0 Å². The molecule has 0 fully saturated rings. The highest BCUT2D eigenvalue weighted by atomic mass is 16.2. The molecule has 0 aromatic heterocycles. The topological polar surface area (TPSA) is 49.4 Å². The van der Waals surface area contributed by atoms with E-state index < -0.39 is 0 Å². The summed E-state index contributed by atoms with van der Waals surface area (Å²) in [5.74, 6) is -0.205. The maximum atomic E-state index is 12.4. The molecule has 2 aromatic carbocycles. The summed E-state index contributed by atoms with van der Waals surface area (Å²) in [7, 11) is 0. The van der Waals surface area contributed by atoms with Crippen molar-refractivity contribution < 1.29 is 9.59 Å². The van der Waals surface area contributed by atoms with Gasteiger partial charge in [-0.15, -0.1) is 0 Å². The summed E-state index contributed by atoms with van der Waals surface area (Å²) in [5, 5.41) is 2.72. The Morgan fingerprint density at radius 2 is 1.79 bits per heavy atom. The lowest BCUT2D eigenvalue weighted by Gasteiger charge is -2.21. The van der Waals surface area contributed by atoms with Crippen LogP contribution in [0.25, 0.3) is 0 Å². The van der Waals surface area contributed by atoms with Crippen LogP contribution in [0.3, 0.4) is 0 Å². The molecular weight excluding hydrogens is 300 g/mol. The monoisotopic (exact) mass is 324 g/mol. The number of carbonyl (C=O) groups is 2. The number of hydrogen-bond donors (Lipinski definition) is 1. The van der Waals surface area contributed by atoms with Crippen LogP contribution in [-0.4, -0.2) is 24.9 Å². The molecule has 0 aliphatic carbocycles. The Kier molecular flexibility index (Phi) is 6.55. The highest BCUT2D eigenvalue weighted by molar-refractivity contribution is 5.96. The van der Waals surface area contributed by atoms with Gasteiger partial charge in [0.25, 0.3) is 0 Å². The fourth-order valence-corrected chi connectivity index (χ4v) is 2.56. The van der Waals surface area contributed by atoms with E-state index in [1.165, 1.54) is 0 Å². The van der Waals surface area contributed by atoms with Gasteiger partial charge in [-0.3, -0.25) is 9.59 Å². The second-order valence-electron chi connectivity index (χ2n) is 5.74. The zero-order valence-corrected chi connectivity index (χ0v) is 14.3. The van der Waals surface area contributed by atoms with Crippen LogP contribution >= 0.6 is 0 Å². The molecule has 0 atom stereocenters. The minimum Gasteiger partial charge on any atom is -0.347 e. The van der Waals surface area contributed by atoms with E-state index in [-0.39, 0.29) is 18.4 Å². The van der Waals surface area contributed by atoms with Crippen molar-refractivity contribution in [1.29, 1.82) is 0 Å². The standard InChI is InChI=1S/C20H24N2O2/c1-3-22(18-11-7-8-16(2)14-18)20(24)15-21-19(23)13-12-17-9-5-4-6-10-17/h4-11,14H,3,12-13,15H2,1-2H3,(H,21,23). The van der Waals surface area contributed by atoms with Gasteiger partial charge in [-0.1, -0.05) is 42.5 Å². The summed E-state index contributed by atoms with van der Waals surface area (Å²) in [6.45, 7) is 4.52. The number of hydrogen-bond acceptors (Lipinski definition) is 2. The molecule has 0 saturated carbocycles. The zero-order chi connectivity index (χ0) is 17.4. The van der Waals surface area contributed by atoms with E-state index in [9.17, 15) is 9.59 Å². The van der Waals surface area contributed by atoms with Gasteiger partial charge in [0.15, 0.2) is 0 Å². The first-order valence-electron chi connectivity index (χ1n) is 8.28. The summed E-state index contributed by atoms with van der Waals surface area (Å²) >= 11 is 0. The molecule has 0 bridgehead atoms. The Balaban J connectivity index is 1.83. The number of likely N-dealkylation sites (N-methyl/N-ethyl adjacent to an activating group) is 1. The average molecular weight is 324 g/mol. The van der Waals surface area contributed by atoms with Crippen LogP contribution in [0.4, 0.5) is 5.69 Å². The van der Waals surface area contributed by atoms with Crippen molar-refractivity contribution in [3.8, 4) is 0 Å². The first kappa shape index (κ1) is 17.7. The number of nitrogens with one attached hydrogen (secondary N) is 1. The van der Waals surface area contributed by atoms with E-state index in [0.717, 1.165) is 16.8 Å². The van der Waals surface area contributed by atoms with Crippen LogP contribution in [0.1, 0.15) is 24.5 Å². The van der Waals surface area contributed by atoms with Gasteiger partial charge in [0.05, 0.1) is 6.54 Å². The Hall–Kier alpha value is -2.62. The number of anilines is 1. The van der Waals surface area contributed by atoms with Crippen LogP contribution in [0.15, 0.2) is 54.6 Å². The predicted molar refractivity (Wildman–Crippen MR) is 97.0 cm³/mol. The highest BCUT2D eigenvalue weighted by Crippen LogP contribution is 2.15.